The van der Waals surface area contributed by atoms with E-state index in [4.69, 9.17) is 0 Å². The summed E-state index contributed by atoms with van der Waals surface area (Å²) >= 11 is 0. The van der Waals surface area contributed by atoms with Gasteiger partial charge in [-0.05, 0) is 25.5 Å². The van der Waals surface area contributed by atoms with Gasteiger partial charge in [-0.25, -0.2) is 0 Å². The average Bonchev–Trinajstić information content (AvgIpc) is 3.02. The molecule has 9 nitrogen and oxygen atoms in total. The molecule has 132 valence electrons. The first-order valence-corrected chi connectivity index (χ1v) is 7.78. The fraction of sp³-hybridized carbons (Fsp3) is 0.312. The van der Waals surface area contributed by atoms with Gasteiger partial charge in [-0.2, -0.15) is 5.10 Å². The lowest BCUT2D eigenvalue weighted by atomic mass is 10.1. The average molecular weight is 345 g/mol. The molecule has 1 heterocycles. The van der Waals surface area contributed by atoms with Crippen LogP contribution >= 0.6 is 0 Å². The molecule has 0 aliphatic rings. The SMILES string of the molecule is CCc1[nH]nc(C(=O)NCCNC(=O)c2cccc(C)c2)c1[N+](=O)[O-]. The van der Waals surface area contributed by atoms with Crippen molar-refractivity contribution in [3.8, 4) is 0 Å². The minimum Gasteiger partial charge on any atom is -0.350 e. The predicted octanol–water partition coefficient (Wildman–Crippen LogP) is 1.35. The van der Waals surface area contributed by atoms with Gasteiger partial charge in [-0.1, -0.05) is 24.6 Å². The van der Waals surface area contributed by atoms with Gasteiger partial charge in [0.1, 0.15) is 5.69 Å². The topological polar surface area (TPSA) is 130 Å². The van der Waals surface area contributed by atoms with Crippen LogP contribution in [0.5, 0.6) is 0 Å². The maximum Gasteiger partial charge on any atom is 0.322 e. The molecule has 2 aromatic rings. The summed E-state index contributed by atoms with van der Waals surface area (Å²) in [6.45, 7) is 3.93. The second-order valence-electron chi connectivity index (χ2n) is 5.39. The zero-order valence-electron chi connectivity index (χ0n) is 14.0. The molecule has 3 N–H and O–H groups in total. The summed E-state index contributed by atoms with van der Waals surface area (Å²) in [6.07, 6.45) is 0.364. The first kappa shape index (κ1) is 18.1. The minimum atomic E-state index is -0.660. The van der Waals surface area contributed by atoms with Crippen LogP contribution in [0.25, 0.3) is 0 Å². The van der Waals surface area contributed by atoms with E-state index in [1.165, 1.54) is 0 Å². The molecule has 0 aliphatic carbocycles. The highest BCUT2D eigenvalue weighted by Gasteiger charge is 2.27. The van der Waals surface area contributed by atoms with Crippen molar-refractivity contribution in [3.05, 3.63) is 56.9 Å². The van der Waals surface area contributed by atoms with Crippen LogP contribution in [0.1, 0.15) is 39.0 Å². The molecule has 0 atom stereocenters. The number of aromatic amines is 1. The van der Waals surface area contributed by atoms with Crippen molar-refractivity contribution in [2.75, 3.05) is 13.1 Å². The van der Waals surface area contributed by atoms with Crippen molar-refractivity contribution < 1.29 is 14.5 Å². The summed E-state index contributed by atoms with van der Waals surface area (Å²) in [4.78, 5) is 34.5. The monoisotopic (exact) mass is 345 g/mol. The highest BCUT2D eigenvalue weighted by atomic mass is 16.6. The molecular formula is C16H19N5O4. The number of hydrogen-bond donors (Lipinski definition) is 3. The third-order valence-electron chi connectivity index (χ3n) is 3.54. The van der Waals surface area contributed by atoms with Crippen molar-refractivity contribution in [1.82, 2.24) is 20.8 Å². The van der Waals surface area contributed by atoms with Crippen molar-refractivity contribution in [3.63, 3.8) is 0 Å². The van der Waals surface area contributed by atoms with Crippen LogP contribution in [-0.4, -0.2) is 40.0 Å². The number of hydrogen-bond acceptors (Lipinski definition) is 5. The molecule has 0 saturated heterocycles. The van der Waals surface area contributed by atoms with Crippen LogP contribution < -0.4 is 10.6 Å². The van der Waals surface area contributed by atoms with Crippen LogP contribution in [0.15, 0.2) is 24.3 Å². The van der Waals surface area contributed by atoms with Crippen LogP contribution in [0.4, 0.5) is 5.69 Å². The number of carbonyl (C=O) groups is 2. The van der Waals surface area contributed by atoms with Crippen molar-refractivity contribution in [2.24, 2.45) is 0 Å². The molecular weight excluding hydrogens is 326 g/mol. The van der Waals surface area contributed by atoms with Crippen molar-refractivity contribution in [2.45, 2.75) is 20.3 Å². The van der Waals surface area contributed by atoms with Gasteiger partial charge in [0.2, 0.25) is 5.69 Å². The number of aryl methyl sites for hydroxylation is 2. The highest BCUT2D eigenvalue weighted by molar-refractivity contribution is 5.96. The number of nitrogens with one attached hydrogen (secondary N) is 3. The van der Waals surface area contributed by atoms with E-state index in [0.29, 0.717) is 17.7 Å². The summed E-state index contributed by atoms with van der Waals surface area (Å²) in [5.41, 5.74) is 1.22. The Labute approximate surface area is 144 Å². The predicted molar refractivity (Wildman–Crippen MR) is 90.5 cm³/mol. The normalized spacial score (nSPS) is 10.3. The lowest BCUT2D eigenvalue weighted by Crippen LogP contribution is -2.35. The van der Waals surface area contributed by atoms with Crippen LogP contribution in [0, 0.1) is 17.0 Å². The maximum absolute atomic E-state index is 12.0. The minimum absolute atomic E-state index is 0.127. The van der Waals surface area contributed by atoms with Crippen molar-refractivity contribution in [1.29, 1.82) is 0 Å². The number of H-pyrrole nitrogens is 1. The molecule has 0 saturated carbocycles. The molecule has 2 rings (SSSR count). The van der Waals surface area contributed by atoms with E-state index in [1.54, 1.807) is 25.1 Å². The molecule has 0 bridgehead atoms. The number of nitrogens with zero attached hydrogens (tertiary/aromatic N) is 2. The Morgan fingerprint density at radius 3 is 2.52 bits per heavy atom. The standard InChI is InChI=1S/C16H19N5O4/c1-3-12-14(21(24)25)13(20-19-12)16(23)18-8-7-17-15(22)11-6-4-5-10(2)9-11/h4-6,9H,3,7-8H2,1-2H3,(H,17,22)(H,18,23)(H,19,20). The van der Waals surface area contributed by atoms with Gasteiger partial charge in [0.25, 0.3) is 11.8 Å². The lowest BCUT2D eigenvalue weighted by Gasteiger charge is -2.06. The Balaban J connectivity index is 1.88. The number of rotatable bonds is 7. The second kappa shape index (κ2) is 8.04. The van der Waals surface area contributed by atoms with Gasteiger partial charge >= 0.3 is 5.69 Å². The van der Waals surface area contributed by atoms with Gasteiger partial charge in [0.05, 0.1) is 4.92 Å². The zero-order valence-corrected chi connectivity index (χ0v) is 14.0. The Morgan fingerprint density at radius 1 is 1.24 bits per heavy atom. The van der Waals surface area contributed by atoms with E-state index < -0.39 is 10.8 Å². The number of carbonyl (C=O) groups excluding carboxylic acids is 2. The van der Waals surface area contributed by atoms with Crippen molar-refractivity contribution >= 4 is 17.5 Å². The number of benzene rings is 1. The first-order valence-electron chi connectivity index (χ1n) is 7.78. The summed E-state index contributed by atoms with van der Waals surface area (Å²) in [6, 6.07) is 7.12. The van der Waals surface area contributed by atoms with E-state index in [2.05, 4.69) is 20.8 Å². The Morgan fingerprint density at radius 2 is 1.92 bits per heavy atom. The third-order valence-corrected chi connectivity index (χ3v) is 3.54. The molecule has 0 radical (unpaired) electrons. The molecule has 0 aliphatic heterocycles. The van der Waals surface area contributed by atoms with Gasteiger partial charge in [0, 0.05) is 18.7 Å². The Bertz CT molecular complexity index is 800. The molecule has 2 amide bonds. The Kier molecular flexibility index (Phi) is 5.83. The fourth-order valence-electron chi connectivity index (χ4n) is 2.30. The van der Waals surface area contributed by atoms with Crippen LogP contribution in [0.3, 0.4) is 0 Å². The number of amides is 2. The van der Waals surface area contributed by atoms with Gasteiger partial charge in [0.15, 0.2) is 0 Å². The van der Waals surface area contributed by atoms with E-state index in [9.17, 15) is 19.7 Å². The molecule has 25 heavy (non-hydrogen) atoms. The third kappa shape index (κ3) is 4.40. The molecule has 0 fully saturated rings. The largest absolute Gasteiger partial charge is 0.350 e. The smallest absolute Gasteiger partial charge is 0.322 e. The van der Waals surface area contributed by atoms with E-state index in [-0.39, 0.29) is 30.4 Å². The molecule has 1 aromatic heterocycles. The van der Waals surface area contributed by atoms with Crippen LogP contribution in [-0.2, 0) is 6.42 Å². The van der Waals surface area contributed by atoms with Gasteiger partial charge in [-0.3, -0.25) is 24.8 Å². The summed E-state index contributed by atoms with van der Waals surface area (Å²) in [7, 11) is 0. The zero-order chi connectivity index (χ0) is 18.4. The maximum atomic E-state index is 12.0. The van der Waals surface area contributed by atoms with Crippen LogP contribution in [0.2, 0.25) is 0 Å². The van der Waals surface area contributed by atoms with E-state index >= 15 is 0 Å². The van der Waals surface area contributed by atoms with E-state index in [1.807, 2.05) is 13.0 Å². The Hall–Kier alpha value is -3.23. The fourth-order valence-corrected chi connectivity index (χ4v) is 2.30. The quantitative estimate of drug-likeness (QED) is 0.396. The molecule has 9 heteroatoms. The highest BCUT2D eigenvalue weighted by Crippen LogP contribution is 2.21. The summed E-state index contributed by atoms with van der Waals surface area (Å²) in [5, 5.41) is 22.5. The van der Waals surface area contributed by atoms with Gasteiger partial charge < -0.3 is 10.6 Å². The van der Waals surface area contributed by atoms with Gasteiger partial charge in [-0.15, -0.1) is 0 Å². The number of aromatic nitrogens is 2. The summed E-state index contributed by atoms with van der Waals surface area (Å²) in [5.74, 6) is -0.913. The number of nitro groups is 1. The lowest BCUT2D eigenvalue weighted by molar-refractivity contribution is -0.385. The molecule has 0 unspecified atom stereocenters. The second-order valence-corrected chi connectivity index (χ2v) is 5.39. The first-order chi connectivity index (χ1) is 11.9. The molecule has 1 aromatic carbocycles. The summed E-state index contributed by atoms with van der Waals surface area (Å²) < 4.78 is 0. The molecule has 0 spiro atoms. The van der Waals surface area contributed by atoms with E-state index in [0.717, 1.165) is 5.56 Å².